The summed E-state index contributed by atoms with van der Waals surface area (Å²) < 4.78 is 1.19. The Morgan fingerprint density at radius 3 is 2.81 bits per heavy atom. The van der Waals surface area contributed by atoms with Crippen LogP contribution >= 0.6 is 11.3 Å². The molecule has 1 aromatic carbocycles. The zero-order valence-corrected chi connectivity index (χ0v) is 15.6. The number of nitrogens with zero attached hydrogens (tertiary/aromatic N) is 3. The van der Waals surface area contributed by atoms with Crippen LogP contribution in [0.5, 0.6) is 0 Å². The van der Waals surface area contributed by atoms with Crippen LogP contribution in [-0.2, 0) is 10.2 Å². The van der Waals surface area contributed by atoms with Crippen molar-refractivity contribution in [1.82, 2.24) is 9.97 Å². The van der Waals surface area contributed by atoms with E-state index in [-0.39, 0.29) is 11.9 Å². The van der Waals surface area contributed by atoms with E-state index in [1.807, 2.05) is 49.1 Å². The maximum atomic E-state index is 13.0. The van der Waals surface area contributed by atoms with E-state index in [9.17, 15) is 4.79 Å². The minimum absolute atomic E-state index is 0.162. The Kier molecular flexibility index (Phi) is 3.34. The number of carbonyl (C=O) groups excluding carboxylic acids is 1. The van der Waals surface area contributed by atoms with E-state index in [0.29, 0.717) is 6.04 Å². The van der Waals surface area contributed by atoms with Crippen LogP contribution in [0.1, 0.15) is 32.3 Å². The maximum Gasteiger partial charge on any atom is 0.238 e. The van der Waals surface area contributed by atoms with Gasteiger partial charge in [0.25, 0.3) is 0 Å². The van der Waals surface area contributed by atoms with E-state index >= 15 is 0 Å². The molecule has 0 radical (unpaired) electrons. The molecule has 1 amide bonds. The van der Waals surface area contributed by atoms with Crippen LogP contribution in [0.25, 0.3) is 10.2 Å². The lowest BCUT2D eigenvalue weighted by Gasteiger charge is -2.41. The predicted octanol–water partition coefficient (Wildman–Crippen LogP) is 3.96. The smallest absolute Gasteiger partial charge is 0.238 e. The van der Waals surface area contributed by atoms with Crippen molar-refractivity contribution in [3.05, 3.63) is 48.2 Å². The number of benzene rings is 1. The summed E-state index contributed by atoms with van der Waals surface area (Å²) in [6, 6.07) is 12.7. The summed E-state index contributed by atoms with van der Waals surface area (Å²) in [5, 5.41) is 4.49. The molecule has 2 aliphatic rings. The molecule has 2 aromatic heterocycles. The minimum Gasteiger partial charge on any atom is -0.359 e. The third kappa shape index (κ3) is 2.25. The summed E-state index contributed by atoms with van der Waals surface area (Å²) in [5.41, 5.74) is 1.58. The van der Waals surface area contributed by atoms with Gasteiger partial charge in [-0.2, -0.15) is 0 Å². The third-order valence-corrected chi connectivity index (χ3v) is 6.51. The molecule has 0 saturated heterocycles. The molecule has 5 nitrogen and oxygen atoms in total. The molecule has 1 aliphatic heterocycles. The molecule has 26 heavy (non-hydrogen) atoms. The van der Waals surface area contributed by atoms with Crippen molar-refractivity contribution in [3.8, 4) is 0 Å². The normalized spacial score (nSPS) is 23.8. The third-order valence-electron chi connectivity index (χ3n) is 5.54. The van der Waals surface area contributed by atoms with Gasteiger partial charge in [0.05, 0.1) is 15.6 Å². The van der Waals surface area contributed by atoms with Gasteiger partial charge in [-0.15, -0.1) is 0 Å². The topological polar surface area (TPSA) is 58.1 Å². The number of hydrogen-bond acceptors (Lipinski definition) is 5. The van der Waals surface area contributed by atoms with Crippen LogP contribution in [0.4, 0.5) is 10.9 Å². The van der Waals surface area contributed by atoms with Gasteiger partial charge in [-0.05, 0) is 44.9 Å². The summed E-state index contributed by atoms with van der Waals surface area (Å²) in [5.74, 6) is 1.00. The lowest BCUT2D eigenvalue weighted by molar-refractivity contribution is -0.122. The van der Waals surface area contributed by atoms with E-state index in [0.717, 1.165) is 34.9 Å². The van der Waals surface area contributed by atoms with Crippen molar-refractivity contribution >= 4 is 38.4 Å². The van der Waals surface area contributed by atoms with Gasteiger partial charge in [0, 0.05) is 23.8 Å². The van der Waals surface area contributed by atoms with Gasteiger partial charge in [-0.3, -0.25) is 9.69 Å². The van der Waals surface area contributed by atoms with Crippen molar-refractivity contribution in [3.63, 3.8) is 0 Å². The highest BCUT2D eigenvalue weighted by Gasteiger charge is 2.50. The first kappa shape index (κ1) is 15.8. The fourth-order valence-corrected chi connectivity index (χ4v) is 4.90. The van der Waals surface area contributed by atoms with Crippen molar-refractivity contribution in [2.24, 2.45) is 0 Å². The standard InChI is InChI=1S/C20H20N4OS/c1-20(2)14-6-5-9-21-17(14)24(18(20)25)13-10-12(11-13)22-19-23-15-7-3-4-8-16(15)26-19/h3-9,12-13H,10-11H2,1-2H3,(H,22,23)/t12-,13-. The SMILES string of the molecule is CC1(C)C(=O)N([C@H]2C[C@H](Nc3nc4ccccc4s3)C2)c2ncccc21. The molecule has 1 aliphatic carbocycles. The van der Waals surface area contributed by atoms with Crippen LogP contribution in [0.3, 0.4) is 0 Å². The van der Waals surface area contributed by atoms with Gasteiger partial charge in [0.15, 0.2) is 5.13 Å². The van der Waals surface area contributed by atoms with Crippen molar-refractivity contribution in [2.45, 2.75) is 44.2 Å². The number of rotatable bonds is 3. The van der Waals surface area contributed by atoms with Crippen molar-refractivity contribution in [1.29, 1.82) is 0 Å². The molecule has 3 aromatic rings. The summed E-state index contributed by atoms with van der Waals surface area (Å²) in [6.07, 6.45) is 3.62. The fourth-order valence-electron chi connectivity index (χ4n) is 3.95. The Labute approximate surface area is 156 Å². The number of aromatic nitrogens is 2. The zero-order valence-electron chi connectivity index (χ0n) is 14.8. The first-order valence-electron chi connectivity index (χ1n) is 8.95. The molecule has 0 bridgehead atoms. The molecule has 1 saturated carbocycles. The molecule has 3 heterocycles. The monoisotopic (exact) mass is 364 g/mol. The Hall–Kier alpha value is -2.47. The largest absolute Gasteiger partial charge is 0.359 e. The average Bonchev–Trinajstić information content (AvgIpc) is 3.09. The summed E-state index contributed by atoms with van der Waals surface area (Å²) in [7, 11) is 0. The molecular formula is C20H20N4OS. The molecule has 6 heteroatoms. The van der Waals surface area contributed by atoms with E-state index in [1.165, 1.54) is 4.70 Å². The van der Waals surface area contributed by atoms with E-state index in [1.54, 1.807) is 17.5 Å². The highest BCUT2D eigenvalue weighted by atomic mass is 32.1. The number of hydrogen-bond donors (Lipinski definition) is 1. The lowest BCUT2D eigenvalue weighted by Crippen LogP contribution is -2.53. The second kappa shape index (κ2) is 5.51. The van der Waals surface area contributed by atoms with E-state index in [4.69, 9.17) is 0 Å². The number of para-hydroxylation sites is 1. The fraction of sp³-hybridized carbons (Fsp3) is 0.350. The van der Waals surface area contributed by atoms with Crippen LogP contribution in [0.15, 0.2) is 42.6 Å². The van der Waals surface area contributed by atoms with Gasteiger partial charge < -0.3 is 5.32 Å². The average molecular weight is 364 g/mol. The summed E-state index contributed by atoms with van der Waals surface area (Å²) in [4.78, 5) is 24.0. The number of amides is 1. The van der Waals surface area contributed by atoms with Crippen LogP contribution in [0.2, 0.25) is 0 Å². The first-order chi connectivity index (χ1) is 12.5. The maximum absolute atomic E-state index is 13.0. The second-order valence-corrected chi connectivity index (χ2v) is 8.66. The summed E-state index contributed by atoms with van der Waals surface area (Å²) >= 11 is 1.68. The van der Waals surface area contributed by atoms with Crippen LogP contribution in [-0.4, -0.2) is 28.0 Å². The molecule has 5 rings (SSSR count). The van der Waals surface area contributed by atoms with Crippen molar-refractivity contribution in [2.75, 3.05) is 10.2 Å². The molecule has 0 unspecified atom stereocenters. The molecule has 0 spiro atoms. The number of anilines is 2. The molecular weight excluding hydrogens is 344 g/mol. The summed E-state index contributed by atoms with van der Waals surface area (Å²) in [6.45, 7) is 3.98. The van der Waals surface area contributed by atoms with Crippen molar-refractivity contribution < 1.29 is 4.79 Å². The second-order valence-electron chi connectivity index (χ2n) is 7.63. The van der Waals surface area contributed by atoms with Gasteiger partial charge in [-0.25, -0.2) is 9.97 Å². The molecule has 1 N–H and O–H groups in total. The highest BCUT2D eigenvalue weighted by molar-refractivity contribution is 7.22. The van der Waals surface area contributed by atoms with E-state index < -0.39 is 5.41 Å². The molecule has 0 atom stereocenters. The Morgan fingerprint density at radius 2 is 2.00 bits per heavy atom. The van der Waals surface area contributed by atoms with Crippen LogP contribution < -0.4 is 10.2 Å². The molecule has 132 valence electrons. The Balaban J connectivity index is 1.32. The Bertz CT molecular complexity index is 973. The number of nitrogens with one attached hydrogen (secondary N) is 1. The first-order valence-corrected chi connectivity index (χ1v) is 9.77. The number of carbonyl (C=O) groups is 1. The Morgan fingerprint density at radius 1 is 1.19 bits per heavy atom. The molecule has 1 fully saturated rings. The minimum atomic E-state index is -0.491. The zero-order chi connectivity index (χ0) is 17.9. The predicted molar refractivity (Wildman–Crippen MR) is 105 cm³/mol. The van der Waals surface area contributed by atoms with Gasteiger partial charge in [0.2, 0.25) is 5.91 Å². The van der Waals surface area contributed by atoms with Gasteiger partial charge in [0.1, 0.15) is 5.82 Å². The number of fused-ring (bicyclic) bond motifs is 2. The highest BCUT2D eigenvalue weighted by Crippen LogP contribution is 2.44. The number of thiazole rings is 1. The van der Waals surface area contributed by atoms with Crippen LogP contribution in [0, 0.1) is 0 Å². The van der Waals surface area contributed by atoms with E-state index in [2.05, 4.69) is 21.4 Å². The number of pyridine rings is 1. The van der Waals surface area contributed by atoms with Gasteiger partial charge in [-0.1, -0.05) is 29.5 Å². The van der Waals surface area contributed by atoms with Gasteiger partial charge >= 0.3 is 0 Å². The lowest BCUT2D eigenvalue weighted by atomic mass is 9.84. The quantitative estimate of drug-likeness (QED) is 0.764.